The van der Waals surface area contributed by atoms with E-state index in [-0.39, 0.29) is 16.5 Å². The van der Waals surface area contributed by atoms with Crippen molar-refractivity contribution in [3.63, 3.8) is 0 Å². The highest BCUT2D eigenvalue weighted by Gasteiger charge is 2.35. The van der Waals surface area contributed by atoms with Crippen molar-refractivity contribution in [2.75, 3.05) is 16.2 Å². The predicted molar refractivity (Wildman–Crippen MR) is 128 cm³/mol. The Balaban J connectivity index is 1.28. The van der Waals surface area contributed by atoms with Crippen LogP contribution in [0.15, 0.2) is 84.9 Å². The van der Waals surface area contributed by atoms with Gasteiger partial charge in [-0.25, -0.2) is 0 Å². The number of carbonyl (C=O) groups excluding carboxylic acids is 1. The highest BCUT2D eigenvalue weighted by atomic mass is 32.1. The van der Waals surface area contributed by atoms with Gasteiger partial charge in [0.25, 0.3) is 0 Å². The first-order valence-electron chi connectivity index (χ1n) is 10.0. The number of hydrogen-bond donors (Lipinski definition) is 3. The van der Waals surface area contributed by atoms with Crippen LogP contribution < -0.4 is 16.2 Å². The number of anilines is 3. The van der Waals surface area contributed by atoms with E-state index in [9.17, 15) is 18.0 Å². The van der Waals surface area contributed by atoms with E-state index in [1.54, 1.807) is 18.2 Å². The van der Waals surface area contributed by atoms with Gasteiger partial charge in [-0.15, -0.1) is 10.2 Å². The van der Waals surface area contributed by atoms with E-state index in [1.807, 2.05) is 54.6 Å². The van der Waals surface area contributed by atoms with Crippen LogP contribution in [0.3, 0.4) is 0 Å². The number of nitrogens with zero attached hydrogens (tertiary/aromatic N) is 2. The maximum atomic E-state index is 12.5. The fourth-order valence-electron chi connectivity index (χ4n) is 2.91. The quantitative estimate of drug-likeness (QED) is 0.213. The van der Waals surface area contributed by atoms with E-state index in [2.05, 4.69) is 38.5 Å². The van der Waals surface area contributed by atoms with Gasteiger partial charge in [0.15, 0.2) is 0 Å². The SMILES string of the molecule is O=C(/C=C/c1ccc(NNc2ccc(-c3ccccc3)cc2)cc1)Nc1nnc(C(F)(F)F)s1. The Morgan fingerprint density at radius 2 is 1.38 bits per heavy atom. The van der Waals surface area contributed by atoms with Gasteiger partial charge >= 0.3 is 6.18 Å². The minimum absolute atomic E-state index is 0.218. The molecule has 6 nitrogen and oxygen atoms in total. The first-order chi connectivity index (χ1) is 16.4. The minimum Gasteiger partial charge on any atom is -0.301 e. The average molecular weight is 482 g/mol. The summed E-state index contributed by atoms with van der Waals surface area (Å²) in [5.41, 5.74) is 10.9. The molecule has 0 saturated heterocycles. The monoisotopic (exact) mass is 481 g/mol. The van der Waals surface area contributed by atoms with E-state index < -0.39 is 17.1 Å². The van der Waals surface area contributed by atoms with Crippen molar-refractivity contribution in [2.24, 2.45) is 0 Å². The summed E-state index contributed by atoms with van der Waals surface area (Å²) < 4.78 is 37.6. The lowest BCUT2D eigenvalue weighted by molar-refractivity contribution is -0.138. The van der Waals surface area contributed by atoms with E-state index in [1.165, 1.54) is 6.08 Å². The Bertz CT molecular complexity index is 1270. The van der Waals surface area contributed by atoms with Gasteiger partial charge in [-0.2, -0.15) is 13.2 Å². The highest BCUT2D eigenvalue weighted by Crippen LogP contribution is 2.33. The van der Waals surface area contributed by atoms with Crippen molar-refractivity contribution in [3.8, 4) is 11.1 Å². The van der Waals surface area contributed by atoms with Crippen molar-refractivity contribution in [1.82, 2.24) is 10.2 Å². The Morgan fingerprint density at radius 3 is 1.97 bits per heavy atom. The number of amides is 1. The molecule has 0 spiro atoms. The minimum atomic E-state index is -4.59. The standard InChI is InChI=1S/C24H18F3N5OS/c25-24(26,27)22-31-32-23(34-22)28-21(33)15-8-16-6-11-19(12-7-16)29-30-20-13-9-18(10-14-20)17-4-2-1-3-5-17/h1-15,29-30H,(H,28,32,33)/b15-8+. The second-order valence-electron chi connectivity index (χ2n) is 7.05. The first-order valence-corrected chi connectivity index (χ1v) is 10.9. The van der Waals surface area contributed by atoms with E-state index >= 15 is 0 Å². The van der Waals surface area contributed by atoms with Crippen molar-refractivity contribution in [3.05, 3.63) is 95.5 Å². The zero-order chi connectivity index (χ0) is 24.0. The van der Waals surface area contributed by atoms with Crippen LogP contribution in [-0.2, 0) is 11.0 Å². The number of rotatable bonds is 7. The molecule has 4 aromatic rings. The molecule has 0 aliphatic carbocycles. The van der Waals surface area contributed by atoms with Crippen LogP contribution >= 0.6 is 11.3 Å². The van der Waals surface area contributed by atoms with Crippen LogP contribution in [0.5, 0.6) is 0 Å². The maximum absolute atomic E-state index is 12.5. The van der Waals surface area contributed by atoms with Gasteiger partial charge in [-0.05, 0) is 47.0 Å². The number of aromatic nitrogens is 2. The van der Waals surface area contributed by atoms with E-state index in [4.69, 9.17) is 0 Å². The van der Waals surface area contributed by atoms with Gasteiger partial charge < -0.3 is 10.9 Å². The third kappa shape index (κ3) is 6.20. The predicted octanol–water partition coefficient (Wildman–Crippen LogP) is 6.31. The molecule has 3 N–H and O–H groups in total. The number of carbonyl (C=O) groups is 1. The molecule has 3 aromatic carbocycles. The lowest BCUT2D eigenvalue weighted by Crippen LogP contribution is -2.08. The summed E-state index contributed by atoms with van der Waals surface area (Å²) in [5.74, 6) is -0.604. The van der Waals surface area contributed by atoms with Crippen molar-refractivity contribution < 1.29 is 18.0 Å². The first kappa shape index (κ1) is 23.0. The molecule has 0 fully saturated rings. The van der Waals surface area contributed by atoms with Gasteiger partial charge in [0.2, 0.25) is 16.0 Å². The van der Waals surface area contributed by atoms with Gasteiger partial charge in [0.1, 0.15) is 0 Å². The smallest absolute Gasteiger partial charge is 0.301 e. The molecule has 1 aromatic heterocycles. The molecule has 0 saturated carbocycles. The molecule has 10 heteroatoms. The molecule has 0 aliphatic rings. The molecule has 1 heterocycles. The lowest BCUT2D eigenvalue weighted by atomic mass is 10.1. The molecule has 0 unspecified atom stereocenters. The molecular weight excluding hydrogens is 463 g/mol. The van der Waals surface area contributed by atoms with Crippen LogP contribution in [0.2, 0.25) is 0 Å². The summed E-state index contributed by atoms with van der Waals surface area (Å²) in [7, 11) is 0. The van der Waals surface area contributed by atoms with Gasteiger partial charge in [-0.3, -0.25) is 10.1 Å². The zero-order valence-electron chi connectivity index (χ0n) is 17.5. The third-order valence-corrected chi connectivity index (χ3v) is 5.46. The fraction of sp³-hybridized carbons (Fsp3) is 0.0417. The molecule has 34 heavy (non-hydrogen) atoms. The second-order valence-corrected chi connectivity index (χ2v) is 8.03. The van der Waals surface area contributed by atoms with Crippen LogP contribution in [0.25, 0.3) is 17.2 Å². The number of hydrogen-bond acceptors (Lipinski definition) is 6. The van der Waals surface area contributed by atoms with Crippen LogP contribution in [0, 0.1) is 0 Å². The Hall–Kier alpha value is -4.18. The van der Waals surface area contributed by atoms with Crippen molar-refractivity contribution >= 4 is 39.8 Å². The number of halogens is 3. The Kier molecular flexibility index (Phi) is 6.88. The second kappa shape index (κ2) is 10.2. The molecule has 172 valence electrons. The van der Waals surface area contributed by atoms with Crippen molar-refractivity contribution in [2.45, 2.75) is 6.18 Å². The zero-order valence-corrected chi connectivity index (χ0v) is 18.3. The molecule has 4 rings (SSSR count). The van der Waals surface area contributed by atoms with Crippen LogP contribution in [0.1, 0.15) is 10.6 Å². The number of hydrazine groups is 1. The fourth-order valence-corrected chi connectivity index (χ4v) is 3.52. The summed E-state index contributed by atoms with van der Waals surface area (Å²) >= 11 is 0.267. The van der Waals surface area contributed by atoms with E-state index in [0.717, 1.165) is 28.1 Å². The molecular formula is C24H18F3N5OS. The number of alkyl halides is 3. The molecule has 0 aliphatic heterocycles. The summed E-state index contributed by atoms with van der Waals surface area (Å²) in [6, 6.07) is 25.3. The average Bonchev–Trinajstić information content (AvgIpc) is 3.32. The summed E-state index contributed by atoms with van der Waals surface area (Å²) in [6.45, 7) is 0. The molecule has 1 amide bonds. The van der Waals surface area contributed by atoms with Gasteiger partial charge in [0, 0.05) is 6.08 Å². The topological polar surface area (TPSA) is 78.9 Å². The van der Waals surface area contributed by atoms with E-state index in [0.29, 0.717) is 0 Å². The maximum Gasteiger partial charge on any atom is 0.445 e. The largest absolute Gasteiger partial charge is 0.445 e. The summed E-state index contributed by atoms with van der Waals surface area (Å²) in [6.07, 6.45) is -1.84. The highest BCUT2D eigenvalue weighted by molar-refractivity contribution is 7.15. The van der Waals surface area contributed by atoms with Gasteiger partial charge in [-0.1, -0.05) is 65.9 Å². The normalized spacial score (nSPS) is 11.4. The van der Waals surface area contributed by atoms with Gasteiger partial charge in [0.05, 0.1) is 11.4 Å². The molecule has 0 radical (unpaired) electrons. The molecule has 0 bridgehead atoms. The number of benzene rings is 3. The van der Waals surface area contributed by atoms with Crippen molar-refractivity contribution in [1.29, 1.82) is 0 Å². The Morgan fingerprint density at radius 1 is 0.794 bits per heavy atom. The molecule has 0 atom stereocenters. The summed E-state index contributed by atoms with van der Waals surface area (Å²) in [4.78, 5) is 11.9. The lowest BCUT2D eigenvalue weighted by Gasteiger charge is -2.11. The number of nitrogens with one attached hydrogen (secondary N) is 3. The van der Waals surface area contributed by atoms with Crippen LogP contribution in [0.4, 0.5) is 29.7 Å². The van der Waals surface area contributed by atoms with Crippen LogP contribution in [-0.4, -0.2) is 16.1 Å². The third-order valence-electron chi connectivity index (χ3n) is 4.58. The Labute approximate surface area is 197 Å². The summed E-state index contributed by atoms with van der Waals surface area (Å²) in [5, 5.41) is 7.27.